The van der Waals surface area contributed by atoms with Crippen LogP contribution < -0.4 is 10.5 Å². The molecule has 4 heteroatoms. The maximum absolute atomic E-state index is 6.12. The van der Waals surface area contributed by atoms with Crippen LogP contribution in [0.25, 0.3) is 0 Å². The molecule has 3 nitrogen and oxygen atoms in total. The SMILES string of the molecule is CCCCOCCOc1ccc(CCN)cc1Cl. The fraction of sp³-hybridized carbons (Fsp3) is 0.571. The lowest BCUT2D eigenvalue weighted by molar-refractivity contribution is 0.0981. The molecule has 0 aliphatic heterocycles. The Bertz CT molecular complexity index is 345. The fourth-order valence-corrected chi connectivity index (χ4v) is 1.80. The first-order chi connectivity index (χ1) is 8.77. The predicted octanol–water partition coefficient (Wildman–Crippen LogP) is 3.04. The van der Waals surface area contributed by atoms with Crippen LogP contribution in [-0.2, 0) is 11.2 Å². The average molecular weight is 272 g/mol. The van der Waals surface area contributed by atoms with Crippen molar-refractivity contribution in [2.45, 2.75) is 26.2 Å². The average Bonchev–Trinajstić information content (AvgIpc) is 2.36. The van der Waals surface area contributed by atoms with Gasteiger partial charge >= 0.3 is 0 Å². The minimum Gasteiger partial charge on any atom is -0.490 e. The number of benzene rings is 1. The van der Waals surface area contributed by atoms with Gasteiger partial charge in [0.15, 0.2) is 0 Å². The van der Waals surface area contributed by atoms with E-state index in [-0.39, 0.29) is 0 Å². The number of halogens is 1. The molecule has 1 rings (SSSR count). The summed E-state index contributed by atoms with van der Waals surface area (Å²) < 4.78 is 11.0. The molecule has 0 bridgehead atoms. The van der Waals surface area contributed by atoms with Crippen molar-refractivity contribution in [2.24, 2.45) is 5.73 Å². The summed E-state index contributed by atoms with van der Waals surface area (Å²) in [5, 5.41) is 0.634. The number of hydrogen-bond donors (Lipinski definition) is 1. The smallest absolute Gasteiger partial charge is 0.138 e. The lowest BCUT2D eigenvalue weighted by Gasteiger charge is -2.09. The van der Waals surface area contributed by atoms with E-state index in [1.807, 2.05) is 18.2 Å². The van der Waals surface area contributed by atoms with Gasteiger partial charge in [0.25, 0.3) is 0 Å². The van der Waals surface area contributed by atoms with E-state index in [1.165, 1.54) is 0 Å². The van der Waals surface area contributed by atoms with Crippen LogP contribution in [0, 0.1) is 0 Å². The second kappa shape index (κ2) is 9.20. The van der Waals surface area contributed by atoms with Crippen LogP contribution in [-0.4, -0.2) is 26.4 Å². The summed E-state index contributed by atoms with van der Waals surface area (Å²) in [7, 11) is 0. The molecule has 0 aromatic heterocycles. The Morgan fingerprint density at radius 1 is 1.22 bits per heavy atom. The monoisotopic (exact) mass is 271 g/mol. The molecular formula is C14H22ClNO2. The Kier molecular flexibility index (Phi) is 7.81. The largest absolute Gasteiger partial charge is 0.490 e. The van der Waals surface area contributed by atoms with Crippen molar-refractivity contribution in [3.8, 4) is 5.75 Å². The third-order valence-electron chi connectivity index (χ3n) is 2.56. The van der Waals surface area contributed by atoms with Gasteiger partial charge in [0.1, 0.15) is 12.4 Å². The Morgan fingerprint density at radius 2 is 2.06 bits per heavy atom. The fourth-order valence-electron chi connectivity index (χ4n) is 1.54. The predicted molar refractivity (Wildman–Crippen MR) is 75.4 cm³/mol. The van der Waals surface area contributed by atoms with Crippen molar-refractivity contribution in [1.29, 1.82) is 0 Å². The molecule has 2 N–H and O–H groups in total. The Balaban J connectivity index is 2.29. The molecule has 0 fully saturated rings. The zero-order valence-electron chi connectivity index (χ0n) is 11.0. The van der Waals surface area contributed by atoms with E-state index < -0.39 is 0 Å². The van der Waals surface area contributed by atoms with Crippen LogP contribution in [0.15, 0.2) is 18.2 Å². The first kappa shape index (κ1) is 15.3. The summed E-state index contributed by atoms with van der Waals surface area (Å²) in [6, 6.07) is 5.78. The minimum absolute atomic E-state index is 0.527. The number of rotatable bonds is 9. The number of nitrogens with two attached hydrogens (primary N) is 1. The molecular weight excluding hydrogens is 250 g/mol. The van der Waals surface area contributed by atoms with Crippen molar-refractivity contribution in [1.82, 2.24) is 0 Å². The first-order valence-electron chi connectivity index (χ1n) is 6.47. The minimum atomic E-state index is 0.527. The van der Waals surface area contributed by atoms with E-state index in [9.17, 15) is 0 Å². The molecule has 0 heterocycles. The molecule has 0 atom stereocenters. The highest BCUT2D eigenvalue weighted by atomic mass is 35.5. The molecule has 18 heavy (non-hydrogen) atoms. The summed E-state index contributed by atoms with van der Waals surface area (Å²) >= 11 is 6.12. The zero-order valence-corrected chi connectivity index (χ0v) is 11.7. The highest BCUT2D eigenvalue weighted by Crippen LogP contribution is 2.25. The second-order valence-electron chi connectivity index (χ2n) is 4.12. The number of ether oxygens (including phenoxy) is 2. The molecule has 0 spiro atoms. The quantitative estimate of drug-likeness (QED) is 0.702. The van der Waals surface area contributed by atoms with Crippen LogP contribution in [0.2, 0.25) is 5.02 Å². The van der Waals surface area contributed by atoms with Gasteiger partial charge in [-0.3, -0.25) is 0 Å². The van der Waals surface area contributed by atoms with Crippen molar-refractivity contribution < 1.29 is 9.47 Å². The van der Waals surface area contributed by atoms with E-state index in [2.05, 4.69) is 6.92 Å². The van der Waals surface area contributed by atoms with Gasteiger partial charge < -0.3 is 15.2 Å². The summed E-state index contributed by atoms with van der Waals surface area (Å²) in [6.45, 7) is 4.69. The molecule has 0 saturated heterocycles. The third-order valence-corrected chi connectivity index (χ3v) is 2.85. The first-order valence-corrected chi connectivity index (χ1v) is 6.84. The van der Waals surface area contributed by atoms with Crippen LogP contribution >= 0.6 is 11.6 Å². The summed E-state index contributed by atoms with van der Waals surface area (Å²) in [4.78, 5) is 0. The third kappa shape index (κ3) is 5.71. The van der Waals surface area contributed by atoms with Gasteiger partial charge in [-0.1, -0.05) is 31.0 Å². The molecule has 0 unspecified atom stereocenters. The Hall–Kier alpha value is -0.770. The van der Waals surface area contributed by atoms with Crippen LogP contribution in [0.3, 0.4) is 0 Å². The second-order valence-corrected chi connectivity index (χ2v) is 4.53. The molecule has 0 amide bonds. The molecule has 0 saturated carbocycles. The topological polar surface area (TPSA) is 44.5 Å². The van der Waals surface area contributed by atoms with E-state index in [0.29, 0.717) is 30.5 Å². The van der Waals surface area contributed by atoms with E-state index >= 15 is 0 Å². The van der Waals surface area contributed by atoms with Gasteiger partial charge in [0, 0.05) is 6.61 Å². The highest BCUT2D eigenvalue weighted by Gasteiger charge is 2.02. The molecule has 102 valence electrons. The Morgan fingerprint density at radius 3 is 2.72 bits per heavy atom. The van der Waals surface area contributed by atoms with Gasteiger partial charge in [-0.05, 0) is 37.1 Å². The highest BCUT2D eigenvalue weighted by molar-refractivity contribution is 6.32. The van der Waals surface area contributed by atoms with Crippen molar-refractivity contribution >= 4 is 11.6 Å². The van der Waals surface area contributed by atoms with E-state index in [4.69, 9.17) is 26.8 Å². The molecule has 1 aromatic rings. The van der Waals surface area contributed by atoms with Gasteiger partial charge in [0.05, 0.1) is 11.6 Å². The van der Waals surface area contributed by atoms with Gasteiger partial charge in [-0.2, -0.15) is 0 Å². The zero-order chi connectivity index (χ0) is 13.2. The molecule has 0 aliphatic rings. The maximum Gasteiger partial charge on any atom is 0.138 e. The lowest BCUT2D eigenvalue weighted by atomic mass is 10.1. The van der Waals surface area contributed by atoms with Gasteiger partial charge in [-0.15, -0.1) is 0 Å². The molecule has 1 aromatic carbocycles. The normalized spacial score (nSPS) is 10.6. The molecule has 0 aliphatic carbocycles. The van der Waals surface area contributed by atoms with E-state index in [0.717, 1.165) is 31.4 Å². The maximum atomic E-state index is 6.12. The number of hydrogen-bond acceptors (Lipinski definition) is 3. The number of unbranched alkanes of at least 4 members (excludes halogenated alkanes) is 1. The van der Waals surface area contributed by atoms with Crippen molar-refractivity contribution in [2.75, 3.05) is 26.4 Å². The Labute approximate surface area is 114 Å². The summed E-state index contributed by atoms with van der Waals surface area (Å²) in [5.74, 6) is 0.705. The van der Waals surface area contributed by atoms with Crippen molar-refractivity contribution in [3.63, 3.8) is 0 Å². The van der Waals surface area contributed by atoms with Gasteiger partial charge in [0.2, 0.25) is 0 Å². The summed E-state index contributed by atoms with van der Waals surface area (Å²) in [5.41, 5.74) is 6.63. The van der Waals surface area contributed by atoms with Crippen molar-refractivity contribution in [3.05, 3.63) is 28.8 Å². The van der Waals surface area contributed by atoms with Crippen LogP contribution in [0.5, 0.6) is 5.75 Å². The van der Waals surface area contributed by atoms with Crippen LogP contribution in [0.4, 0.5) is 0 Å². The summed E-state index contributed by atoms with van der Waals surface area (Å²) in [6.07, 6.45) is 3.07. The van der Waals surface area contributed by atoms with E-state index in [1.54, 1.807) is 0 Å². The molecule has 0 radical (unpaired) electrons. The lowest BCUT2D eigenvalue weighted by Crippen LogP contribution is -2.08. The van der Waals surface area contributed by atoms with Crippen LogP contribution in [0.1, 0.15) is 25.3 Å². The van der Waals surface area contributed by atoms with Gasteiger partial charge in [-0.25, -0.2) is 0 Å². The standard InChI is InChI=1S/C14H22ClNO2/c1-2-3-8-17-9-10-18-14-5-4-12(6-7-16)11-13(14)15/h4-5,11H,2-3,6-10,16H2,1H3.